The minimum atomic E-state index is -0.508. The van der Waals surface area contributed by atoms with E-state index in [9.17, 15) is 9.59 Å². The highest BCUT2D eigenvalue weighted by Crippen LogP contribution is 2.16. The Bertz CT molecular complexity index is 530. The molecule has 2 atom stereocenters. The molecule has 0 saturated carbocycles. The van der Waals surface area contributed by atoms with Gasteiger partial charge >= 0.3 is 0 Å². The molecule has 0 aliphatic carbocycles. The number of benzene rings is 1. The van der Waals surface area contributed by atoms with E-state index >= 15 is 0 Å². The Morgan fingerprint density at radius 2 is 2.20 bits per heavy atom. The van der Waals surface area contributed by atoms with Gasteiger partial charge in [0, 0.05) is 17.8 Å². The van der Waals surface area contributed by atoms with Crippen LogP contribution in [0.2, 0.25) is 0 Å². The predicted molar refractivity (Wildman–Crippen MR) is 75.5 cm³/mol. The van der Waals surface area contributed by atoms with Gasteiger partial charge in [-0.05, 0) is 31.5 Å². The second-order valence-electron chi connectivity index (χ2n) is 4.89. The number of anilines is 1. The van der Waals surface area contributed by atoms with Crippen LogP contribution >= 0.6 is 0 Å². The van der Waals surface area contributed by atoms with E-state index in [0.29, 0.717) is 24.4 Å². The fourth-order valence-electron chi connectivity index (χ4n) is 2.21. The topological polar surface area (TPSA) is 93.4 Å². The summed E-state index contributed by atoms with van der Waals surface area (Å²) in [5, 5.41) is 5.88. The van der Waals surface area contributed by atoms with Gasteiger partial charge in [-0.1, -0.05) is 6.07 Å². The first-order valence-electron chi connectivity index (χ1n) is 6.55. The molecule has 1 aromatic rings. The number of primary amides is 1. The third-order valence-corrected chi connectivity index (χ3v) is 3.37. The Balaban J connectivity index is 2.11. The maximum atomic E-state index is 12.2. The lowest BCUT2D eigenvalue weighted by molar-refractivity contribution is -0.123. The van der Waals surface area contributed by atoms with E-state index in [0.717, 1.165) is 5.56 Å². The van der Waals surface area contributed by atoms with Gasteiger partial charge in [0.2, 0.25) is 11.8 Å². The average molecular weight is 277 g/mol. The van der Waals surface area contributed by atoms with E-state index in [4.69, 9.17) is 10.5 Å². The highest BCUT2D eigenvalue weighted by Gasteiger charge is 2.28. The Morgan fingerprint density at radius 1 is 1.45 bits per heavy atom. The van der Waals surface area contributed by atoms with Crippen molar-refractivity contribution in [2.24, 2.45) is 5.73 Å². The van der Waals surface area contributed by atoms with Crippen molar-refractivity contribution >= 4 is 17.5 Å². The standard InChI is InChI=1S/C14H19N3O3/c1-8-3-4-10(7-11(8)13(15)18)17-14(19)12-9(2)20-6-5-16-12/h3-4,7,9,12,16H,5-6H2,1-2H3,(H2,15,18)(H,17,19)/t9-,12+/m1/s1. The molecule has 1 aromatic carbocycles. The molecule has 108 valence electrons. The molecule has 1 aliphatic rings. The maximum absolute atomic E-state index is 12.2. The lowest BCUT2D eigenvalue weighted by atomic mass is 10.1. The molecule has 1 heterocycles. The van der Waals surface area contributed by atoms with Gasteiger partial charge < -0.3 is 21.1 Å². The Kier molecular flexibility index (Phi) is 4.36. The van der Waals surface area contributed by atoms with Crippen LogP contribution in [0.25, 0.3) is 0 Å². The van der Waals surface area contributed by atoms with Crippen molar-refractivity contribution < 1.29 is 14.3 Å². The van der Waals surface area contributed by atoms with Crippen LogP contribution in [0.15, 0.2) is 18.2 Å². The third kappa shape index (κ3) is 3.15. The number of ether oxygens (including phenoxy) is 1. The summed E-state index contributed by atoms with van der Waals surface area (Å²) in [5.41, 5.74) is 7.03. The molecular weight excluding hydrogens is 258 g/mol. The Hall–Kier alpha value is -1.92. The largest absolute Gasteiger partial charge is 0.375 e. The summed E-state index contributed by atoms with van der Waals surface area (Å²) in [6.45, 7) is 4.88. The number of carbonyl (C=O) groups is 2. The van der Waals surface area contributed by atoms with Gasteiger partial charge in [-0.2, -0.15) is 0 Å². The summed E-state index contributed by atoms with van der Waals surface area (Å²) in [4.78, 5) is 23.5. The van der Waals surface area contributed by atoms with Gasteiger partial charge in [-0.25, -0.2) is 0 Å². The molecule has 6 heteroatoms. The lowest BCUT2D eigenvalue weighted by Gasteiger charge is -2.29. The van der Waals surface area contributed by atoms with Crippen LogP contribution in [0, 0.1) is 6.92 Å². The minimum Gasteiger partial charge on any atom is -0.375 e. The van der Waals surface area contributed by atoms with Gasteiger partial charge in [0.1, 0.15) is 6.04 Å². The highest BCUT2D eigenvalue weighted by molar-refractivity contribution is 5.99. The Labute approximate surface area is 117 Å². The number of hydrogen-bond acceptors (Lipinski definition) is 4. The smallest absolute Gasteiger partial charge is 0.249 e. The number of carbonyl (C=O) groups excluding carboxylic acids is 2. The number of morpholine rings is 1. The summed E-state index contributed by atoms with van der Waals surface area (Å²) in [6.07, 6.45) is -0.190. The fourth-order valence-corrected chi connectivity index (χ4v) is 2.21. The van der Waals surface area contributed by atoms with E-state index in [-0.39, 0.29) is 12.0 Å². The van der Waals surface area contributed by atoms with Crippen LogP contribution in [-0.4, -0.2) is 37.1 Å². The second-order valence-corrected chi connectivity index (χ2v) is 4.89. The molecule has 2 amide bonds. The van der Waals surface area contributed by atoms with Gasteiger partial charge in [0.15, 0.2) is 0 Å². The molecule has 0 unspecified atom stereocenters. The SMILES string of the molecule is Cc1ccc(NC(=O)[C@H]2NCCO[C@@H]2C)cc1C(N)=O. The molecule has 20 heavy (non-hydrogen) atoms. The molecule has 0 radical (unpaired) electrons. The number of nitrogens with two attached hydrogens (primary N) is 1. The molecule has 0 spiro atoms. The highest BCUT2D eigenvalue weighted by atomic mass is 16.5. The predicted octanol–water partition coefficient (Wildman–Crippen LogP) is 0.409. The van der Waals surface area contributed by atoms with Crippen molar-refractivity contribution in [3.63, 3.8) is 0 Å². The average Bonchev–Trinajstić information content (AvgIpc) is 2.41. The first-order valence-corrected chi connectivity index (χ1v) is 6.55. The van der Waals surface area contributed by atoms with Crippen LogP contribution in [0.5, 0.6) is 0 Å². The molecule has 4 N–H and O–H groups in total. The molecule has 2 rings (SSSR count). The van der Waals surface area contributed by atoms with Crippen molar-refractivity contribution in [3.8, 4) is 0 Å². The van der Waals surface area contributed by atoms with E-state index in [1.165, 1.54) is 0 Å². The van der Waals surface area contributed by atoms with Gasteiger partial charge in [-0.3, -0.25) is 9.59 Å². The number of aryl methyl sites for hydroxylation is 1. The van der Waals surface area contributed by atoms with Gasteiger partial charge in [0.25, 0.3) is 0 Å². The zero-order valence-corrected chi connectivity index (χ0v) is 11.6. The van der Waals surface area contributed by atoms with Crippen LogP contribution in [0.3, 0.4) is 0 Å². The first-order chi connectivity index (χ1) is 9.49. The molecule has 1 aliphatic heterocycles. The molecular formula is C14H19N3O3. The van der Waals surface area contributed by atoms with Gasteiger partial charge in [0.05, 0.1) is 12.7 Å². The zero-order chi connectivity index (χ0) is 14.7. The maximum Gasteiger partial charge on any atom is 0.249 e. The number of hydrogen-bond donors (Lipinski definition) is 3. The number of rotatable bonds is 3. The monoisotopic (exact) mass is 277 g/mol. The first kappa shape index (κ1) is 14.5. The quantitative estimate of drug-likeness (QED) is 0.746. The number of amides is 2. The Morgan fingerprint density at radius 3 is 2.85 bits per heavy atom. The van der Waals surface area contributed by atoms with Crippen molar-refractivity contribution in [2.75, 3.05) is 18.5 Å². The van der Waals surface area contributed by atoms with E-state index < -0.39 is 11.9 Å². The summed E-state index contributed by atoms with van der Waals surface area (Å²) in [5.74, 6) is -0.692. The number of nitrogens with one attached hydrogen (secondary N) is 2. The summed E-state index contributed by atoms with van der Waals surface area (Å²) < 4.78 is 5.43. The van der Waals surface area contributed by atoms with Crippen molar-refractivity contribution in [3.05, 3.63) is 29.3 Å². The molecule has 1 saturated heterocycles. The van der Waals surface area contributed by atoms with Crippen LogP contribution < -0.4 is 16.4 Å². The van der Waals surface area contributed by atoms with Crippen LogP contribution in [0.1, 0.15) is 22.8 Å². The zero-order valence-electron chi connectivity index (χ0n) is 11.6. The van der Waals surface area contributed by atoms with E-state index in [2.05, 4.69) is 10.6 Å². The molecule has 0 aromatic heterocycles. The van der Waals surface area contributed by atoms with Crippen LogP contribution in [0.4, 0.5) is 5.69 Å². The molecule has 0 bridgehead atoms. The van der Waals surface area contributed by atoms with Crippen molar-refractivity contribution in [2.45, 2.75) is 26.0 Å². The normalized spacial score (nSPS) is 22.3. The summed E-state index contributed by atoms with van der Waals surface area (Å²) in [6, 6.07) is 4.68. The minimum absolute atomic E-state index is 0.184. The molecule has 6 nitrogen and oxygen atoms in total. The third-order valence-electron chi connectivity index (χ3n) is 3.37. The lowest BCUT2D eigenvalue weighted by Crippen LogP contribution is -2.53. The second kappa shape index (κ2) is 6.02. The summed E-state index contributed by atoms with van der Waals surface area (Å²) >= 11 is 0. The van der Waals surface area contributed by atoms with Gasteiger partial charge in [-0.15, -0.1) is 0 Å². The van der Waals surface area contributed by atoms with E-state index in [1.807, 2.05) is 6.92 Å². The van der Waals surface area contributed by atoms with Crippen molar-refractivity contribution in [1.29, 1.82) is 0 Å². The van der Waals surface area contributed by atoms with Crippen molar-refractivity contribution in [1.82, 2.24) is 5.32 Å². The fraction of sp³-hybridized carbons (Fsp3) is 0.429. The van der Waals surface area contributed by atoms with Crippen LogP contribution in [-0.2, 0) is 9.53 Å². The summed E-state index contributed by atoms with van der Waals surface area (Å²) in [7, 11) is 0. The molecule has 1 fully saturated rings. The van der Waals surface area contributed by atoms with E-state index in [1.54, 1.807) is 25.1 Å².